The van der Waals surface area contributed by atoms with Gasteiger partial charge in [0.05, 0.1) is 19.6 Å². The largest absolute Gasteiger partial charge is 0.469 e. The lowest BCUT2D eigenvalue weighted by Crippen LogP contribution is -2.30. The van der Waals surface area contributed by atoms with Crippen molar-refractivity contribution in [2.24, 2.45) is 0 Å². The molecule has 1 unspecified atom stereocenters. The number of esters is 1. The van der Waals surface area contributed by atoms with Gasteiger partial charge in [-0.25, -0.2) is 4.79 Å². The molecule has 1 fully saturated rings. The zero-order chi connectivity index (χ0) is 13.8. The zero-order valence-corrected chi connectivity index (χ0v) is 12.1. The maximum absolute atomic E-state index is 11.8. The predicted octanol–water partition coefficient (Wildman–Crippen LogP) is 2.08. The molecular weight excluding hydrogens is 312 g/mol. The molecule has 102 valence electrons. The molecule has 2 rings (SSSR count). The van der Waals surface area contributed by atoms with Gasteiger partial charge in [-0.15, -0.1) is 0 Å². The third kappa shape index (κ3) is 3.47. The fourth-order valence-electron chi connectivity index (χ4n) is 1.99. The molecule has 6 heteroatoms. The first-order valence-electron chi connectivity index (χ1n) is 5.98. The maximum atomic E-state index is 11.8. The Balaban J connectivity index is 1.95. The maximum Gasteiger partial charge on any atom is 0.318 e. The summed E-state index contributed by atoms with van der Waals surface area (Å²) in [5.74, 6) is -0.306. The third-order valence-corrected chi connectivity index (χ3v) is 3.60. The number of urea groups is 1. The Bertz CT molecular complexity index is 475. The summed E-state index contributed by atoms with van der Waals surface area (Å²) in [7, 11) is 1.34. The number of nitrogens with one attached hydrogen (secondary N) is 1. The normalized spacial score (nSPS) is 18.3. The number of nitrogens with zero attached hydrogens (tertiary/aromatic N) is 1. The number of hydrogen-bond donors (Lipinski definition) is 1. The monoisotopic (exact) mass is 326 g/mol. The summed E-state index contributed by atoms with van der Waals surface area (Å²) >= 11 is 3.38. The lowest BCUT2D eigenvalue weighted by molar-refractivity contribution is -0.140. The second-order valence-electron chi connectivity index (χ2n) is 4.33. The van der Waals surface area contributed by atoms with Gasteiger partial charge in [-0.05, 0) is 17.7 Å². The van der Waals surface area contributed by atoms with Crippen LogP contribution in [0, 0.1) is 0 Å². The molecule has 1 saturated heterocycles. The molecule has 1 aromatic carbocycles. The van der Waals surface area contributed by atoms with Gasteiger partial charge in [-0.1, -0.05) is 28.1 Å². The molecule has 0 aliphatic carbocycles. The van der Waals surface area contributed by atoms with Crippen molar-refractivity contribution in [2.75, 3.05) is 20.2 Å². The van der Waals surface area contributed by atoms with Crippen LogP contribution in [0.1, 0.15) is 18.0 Å². The highest BCUT2D eigenvalue weighted by atomic mass is 79.9. The van der Waals surface area contributed by atoms with Crippen molar-refractivity contribution in [1.82, 2.24) is 10.2 Å². The lowest BCUT2D eigenvalue weighted by atomic mass is 10.1. The van der Waals surface area contributed by atoms with E-state index in [1.807, 2.05) is 24.3 Å². The molecule has 0 spiro atoms. The number of amides is 2. The highest BCUT2D eigenvalue weighted by Gasteiger charge is 2.29. The van der Waals surface area contributed by atoms with Gasteiger partial charge in [-0.3, -0.25) is 4.79 Å². The minimum atomic E-state index is -0.306. The van der Waals surface area contributed by atoms with Gasteiger partial charge in [0, 0.05) is 17.6 Å². The van der Waals surface area contributed by atoms with E-state index in [0.29, 0.717) is 13.1 Å². The van der Waals surface area contributed by atoms with Crippen LogP contribution < -0.4 is 5.32 Å². The first-order chi connectivity index (χ1) is 9.10. The molecule has 1 aliphatic heterocycles. The van der Waals surface area contributed by atoms with E-state index in [1.54, 1.807) is 4.90 Å². The predicted molar refractivity (Wildman–Crippen MR) is 73.6 cm³/mol. The van der Waals surface area contributed by atoms with Gasteiger partial charge >= 0.3 is 12.0 Å². The Morgan fingerprint density at radius 3 is 2.79 bits per heavy atom. The lowest BCUT2D eigenvalue weighted by Gasteiger charge is -2.13. The van der Waals surface area contributed by atoms with Crippen LogP contribution in [-0.4, -0.2) is 37.1 Å². The molecule has 1 heterocycles. The van der Waals surface area contributed by atoms with Crippen LogP contribution in [0.2, 0.25) is 0 Å². The zero-order valence-electron chi connectivity index (χ0n) is 10.6. The highest BCUT2D eigenvalue weighted by Crippen LogP contribution is 2.22. The summed E-state index contributed by atoms with van der Waals surface area (Å²) in [4.78, 5) is 24.5. The number of ether oxygens (including phenoxy) is 1. The van der Waals surface area contributed by atoms with E-state index < -0.39 is 0 Å². The van der Waals surface area contributed by atoms with Crippen LogP contribution in [-0.2, 0) is 9.53 Å². The van der Waals surface area contributed by atoms with Crippen molar-refractivity contribution < 1.29 is 14.3 Å². The van der Waals surface area contributed by atoms with Gasteiger partial charge in [0.1, 0.15) is 0 Å². The standard InChI is InChI=1S/C13H15BrN2O3/c1-19-12(17)6-7-16-8-11(15-13(16)18)9-2-4-10(14)5-3-9/h2-5,11H,6-8H2,1H3,(H,15,18). The first kappa shape index (κ1) is 13.9. The molecule has 5 nitrogen and oxygen atoms in total. The van der Waals surface area contributed by atoms with E-state index in [9.17, 15) is 9.59 Å². The molecule has 0 saturated carbocycles. The number of halogens is 1. The van der Waals surface area contributed by atoms with Gasteiger partial charge < -0.3 is 15.0 Å². The molecule has 1 aromatic rings. The second-order valence-corrected chi connectivity index (χ2v) is 5.24. The summed E-state index contributed by atoms with van der Waals surface area (Å²) < 4.78 is 5.57. The average Bonchev–Trinajstić information content (AvgIpc) is 2.78. The molecule has 1 atom stereocenters. The Hall–Kier alpha value is -1.56. The summed E-state index contributed by atoms with van der Waals surface area (Å²) in [5, 5.41) is 2.90. The summed E-state index contributed by atoms with van der Waals surface area (Å²) in [6.45, 7) is 0.947. The fraction of sp³-hybridized carbons (Fsp3) is 0.385. The average molecular weight is 327 g/mol. The second kappa shape index (κ2) is 6.06. The molecule has 1 N–H and O–H groups in total. The quantitative estimate of drug-likeness (QED) is 0.862. The third-order valence-electron chi connectivity index (χ3n) is 3.07. The molecule has 0 bridgehead atoms. The highest BCUT2D eigenvalue weighted by molar-refractivity contribution is 9.10. The summed E-state index contributed by atoms with van der Waals surface area (Å²) in [6.07, 6.45) is 0.219. The number of carbonyl (C=O) groups is 2. The van der Waals surface area contributed by atoms with E-state index in [-0.39, 0.29) is 24.5 Å². The smallest absolute Gasteiger partial charge is 0.318 e. The van der Waals surface area contributed by atoms with Crippen LogP contribution >= 0.6 is 15.9 Å². The van der Waals surface area contributed by atoms with Crippen LogP contribution in [0.15, 0.2) is 28.7 Å². The van der Waals surface area contributed by atoms with Crippen molar-refractivity contribution in [3.63, 3.8) is 0 Å². The minimum absolute atomic E-state index is 0.0294. The Labute approximate surface area is 120 Å². The molecule has 2 amide bonds. The van der Waals surface area contributed by atoms with Gasteiger partial charge in [0.25, 0.3) is 0 Å². The summed E-state index contributed by atoms with van der Waals surface area (Å²) in [5.41, 5.74) is 1.05. The van der Waals surface area contributed by atoms with Crippen molar-refractivity contribution >= 4 is 27.9 Å². The fourth-order valence-corrected chi connectivity index (χ4v) is 2.26. The number of rotatable bonds is 4. The molecule has 0 radical (unpaired) electrons. The van der Waals surface area contributed by atoms with E-state index >= 15 is 0 Å². The molecule has 1 aliphatic rings. The van der Waals surface area contributed by atoms with Crippen LogP contribution in [0.25, 0.3) is 0 Å². The van der Waals surface area contributed by atoms with E-state index in [4.69, 9.17) is 0 Å². The Morgan fingerprint density at radius 2 is 2.16 bits per heavy atom. The van der Waals surface area contributed by atoms with Crippen molar-refractivity contribution in [2.45, 2.75) is 12.5 Å². The molecule has 0 aromatic heterocycles. The van der Waals surface area contributed by atoms with Crippen molar-refractivity contribution in [3.05, 3.63) is 34.3 Å². The number of methoxy groups -OCH3 is 1. The van der Waals surface area contributed by atoms with Gasteiger partial charge in [-0.2, -0.15) is 0 Å². The van der Waals surface area contributed by atoms with Crippen LogP contribution in [0.4, 0.5) is 4.79 Å². The minimum Gasteiger partial charge on any atom is -0.469 e. The van der Waals surface area contributed by atoms with Crippen molar-refractivity contribution in [1.29, 1.82) is 0 Å². The number of carbonyl (C=O) groups excluding carboxylic acids is 2. The van der Waals surface area contributed by atoms with Gasteiger partial charge in [0.15, 0.2) is 0 Å². The van der Waals surface area contributed by atoms with Crippen LogP contribution in [0.5, 0.6) is 0 Å². The molecule has 19 heavy (non-hydrogen) atoms. The molecular formula is C13H15BrN2O3. The number of benzene rings is 1. The van der Waals surface area contributed by atoms with E-state index in [2.05, 4.69) is 26.0 Å². The number of hydrogen-bond acceptors (Lipinski definition) is 3. The van der Waals surface area contributed by atoms with Crippen molar-refractivity contribution in [3.8, 4) is 0 Å². The van der Waals surface area contributed by atoms with Gasteiger partial charge in [0.2, 0.25) is 0 Å². The topological polar surface area (TPSA) is 58.6 Å². The van der Waals surface area contributed by atoms with Crippen LogP contribution in [0.3, 0.4) is 0 Å². The Kier molecular flexibility index (Phi) is 4.42. The summed E-state index contributed by atoms with van der Waals surface area (Å²) in [6, 6.07) is 7.66. The van der Waals surface area contributed by atoms with E-state index in [0.717, 1.165) is 10.0 Å². The SMILES string of the molecule is COC(=O)CCN1CC(c2ccc(Br)cc2)NC1=O. The van der Waals surface area contributed by atoms with E-state index in [1.165, 1.54) is 7.11 Å². The Morgan fingerprint density at radius 1 is 1.47 bits per heavy atom. The first-order valence-corrected chi connectivity index (χ1v) is 6.77.